The molecule has 23 heavy (non-hydrogen) atoms. The summed E-state index contributed by atoms with van der Waals surface area (Å²) in [4.78, 5) is 21.2. The molecular weight excluding hydrogens is 292 g/mol. The predicted octanol–water partition coefficient (Wildman–Crippen LogP) is 2.86. The van der Waals surface area contributed by atoms with Crippen molar-refractivity contribution in [3.8, 4) is 0 Å². The van der Waals surface area contributed by atoms with Crippen LogP contribution in [-0.4, -0.2) is 34.2 Å². The molecule has 0 aliphatic rings. The van der Waals surface area contributed by atoms with Gasteiger partial charge < -0.3 is 14.6 Å². The summed E-state index contributed by atoms with van der Waals surface area (Å²) in [7, 11) is 1.52. The number of carbonyl (C=O) groups excluding carboxylic acids is 1. The molecule has 0 saturated heterocycles. The molecule has 0 bridgehead atoms. The van der Waals surface area contributed by atoms with Gasteiger partial charge in [-0.3, -0.25) is 4.79 Å². The number of hydrogen-bond donors (Lipinski definition) is 1. The van der Waals surface area contributed by atoms with Crippen molar-refractivity contribution >= 4 is 17.1 Å². The number of methoxy groups -OCH3 is 1. The summed E-state index contributed by atoms with van der Waals surface area (Å²) in [5.41, 5.74) is 1.71. The zero-order valence-corrected chi connectivity index (χ0v) is 14.5. The maximum Gasteiger partial charge on any atom is 0.246 e. The molecule has 0 fully saturated rings. The Balaban J connectivity index is 2.46. The minimum atomic E-state index is -0.158. The van der Waals surface area contributed by atoms with E-state index < -0.39 is 0 Å². The average Bonchev–Trinajstić information content (AvgIpc) is 2.85. The smallest absolute Gasteiger partial charge is 0.246 e. The van der Waals surface area contributed by atoms with Crippen LogP contribution in [0.4, 0.5) is 0 Å². The Morgan fingerprint density at radius 1 is 1.35 bits per heavy atom. The van der Waals surface area contributed by atoms with Gasteiger partial charge >= 0.3 is 0 Å². The number of ether oxygens (including phenoxy) is 1. The van der Waals surface area contributed by atoms with Crippen LogP contribution >= 0.6 is 0 Å². The maximum absolute atomic E-state index is 12.0. The van der Waals surface area contributed by atoms with Crippen LogP contribution in [0.5, 0.6) is 0 Å². The second-order valence-electron chi connectivity index (χ2n) is 6.46. The number of nitrogens with one attached hydrogen (secondary N) is 1. The molecule has 126 valence electrons. The lowest BCUT2D eigenvalue weighted by Gasteiger charge is -2.23. The molecule has 0 aliphatic carbocycles. The van der Waals surface area contributed by atoms with E-state index in [1.165, 1.54) is 7.11 Å². The van der Waals surface area contributed by atoms with Crippen molar-refractivity contribution in [2.75, 3.05) is 13.7 Å². The van der Waals surface area contributed by atoms with Crippen LogP contribution in [0.1, 0.15) is 52.0 Å². The van der Waals surface area contributed by atoms with Gasteiger partial charge in [-0.25, -0.2) is 9.97 Å². The topological polar surface area (TPSA) is 69.0 Å². The number of rotatable bonds is 7. The average molecular weight is 318 g/mol. The maximum atomic E-state index is 12.0. The Labute approximate surface area is 137 Å². The van der Waals surface area contributed by atoms with Crippen molar-refractivity contribution < 1.29 is 9.53 Å². The highest BCUT2D eigenvalue weighted by Gasteiger charge is 2.24. The summed E-state index contributed by atoms with van der Waals surface area (Å²) in [6, 6.07) is 3.88. The highest BCUT2D eigenvalue weighted by atomic mass is 16.5. The SMILES string of the molecule is COCC(=O)N[C@H](CC(C)C)c1nc2cccnc2n1C(C)C. The number of aromatic nitrogens is 3. The summed E-state index contributed by atoms with van der Waals surface area (Å²) < 4.78 is 7.04. The van der Waals surface area contributed by atoms with Crippen LogP contribution in [0.25, 0.3) is 11.2 Å². The zero-order chi connectivity index (χ0) is 17.0. The van der Waals surface area contributed by atoms with Crippen molar-refractivity contribution in [1.82, 2.24) is 19.9 Å². The van der Waals surface area contributed by atoms with Gasteiger partial charge in [0, 0.05) is 19.3 Å². The molecule has 2 rings (SSSR count). The zero-order valence-electron chi connectivity index (χ0n) is 14.5. The predicted molar refractivity (Wildman–Crippen MR) is 90.1 cm³/mol. The van der Waals surface area contributed by atoms with E-state index in [9.17, 15) is 4.79 Å². The Kier molecular flexibility index (Phi) is 5.71. The molecule has 0 unspecified atom stereocenters. The van der Waals surface area contributed by atoms with Crippen molar-refractivity contribution in [3.05, 3.63) is 24.2 Å². The van der Waals surface area contributed by atoms with E-state index >= 15 is 0 Å². The van der Waals surface area contributed by atoms with E-state index in [0.29, 0.717) is 5.92 Å². The Morgan fingerprint density at radius 2 is 2.09 bits per heavy atom. The molecule has 0 spiro atoms. The largest absolute Gasteiger partial charge is 0.375 e. The van der Waals surface area contributed by atoms with Gasteiger partial charge in [-0.1, -0.05) is 13.8 Å². The van der Waals surface area contributed by atoms with Gasteiger partial charge in [0.05, 0.1) is 6.04 Å². The van der Waals surface area contributed by atoms with E-state index in [2.05, 4.69) is 42.6 Å². The van der Waals surface area contributed by atoms with Crippen LogP contribution in [0, 0.1) is 5.92 Å². The van der Waals surface area contributed by atoms with E-state index in [1.54, 1.807) is 6.20 Å². The van der Waals surface area contributed by atoms with Crippen LogP contribution in [0.3, 0.4) is 0 Å². The molecule has 2 heterocycles. The summed E-state index contributed by atoms with van der Waals surface area (Å²) in [6.07, 6.45) is 2.58. The van der Waals surface area contributed by atoms with Gasteiger partial charge in [0.2, 0.25) is 5.91 Å². The summed E-state index contributed by atoms with van der Waals surface area (Å²) in [6.45, 7) is 8.52. The Hall–Kier alpha value is -1.95. The molecule has 0 aliphatic heterocycles. The number of fused-ring (bicyclic) bond motifs is 1. The van der Waals surface area contributed by atoms with Crippen molar-refractivity contribution in [2.24, 2.45) is 5.92 Å². The van der Waals surface area contributed by atoms with Gasteiger partial charge in [0.25, 0.3) is 0 Å². The summed E-state index contributed by atoms with van der Waals surface area (Å²) >= 11 is 0. The van der Waals surface area contributed by atoms with E-state index in [-0.39, 0.29) is 24.6 Å². The fourth-order valence-electron chi connectivity index (χ4n) is 2.77. The third-order valence-corrected chi connectivity index (χ3v) is 3.62. The fraction of sp³-hybridized carbons (Fsp3) is 0.588. The second-order valence-corrected chi connectivity index (χ2v) is 6.46. The first-order chi connectivity index (χ1) is 10.9. The second kappa shape index (κ2) is 7.55. The monoisotopic (exact) mass is 318 g/mol. The van der Waals surface area contributed by atoms with Crippen molar-refractivity contribution in [1.29, 1.82) is 0 Å². The minimum Gasteiger partial charge on any atom is -0.375 e. The standard InChI is InChI=1S/C17H26N4O2/c1-11(2)9-14(19-15(22)10-23-5)17-20-13-7-6-8-18-16(13)21(17)12(3)4/h6-8,11-12,14H,9-10H2,1-5H3,(H,19,22)/t14-/m1/s1. The highest BCUT2D eigenvalue weighted by molar-refractivity contribution is 5.78. The summed E-state index contributed by atoms with van der Waals surface area (Å²) in [5, 5.41) is 3.05. The summed E-state index contributed by atoms with van der Waals surface area (Å²) in [5.74, 6) is 1.15. The lowest BCUT2D eigenvalue weighted by molar-refractivity contribution is -0.125. The number of pyridine rings is 1. The number of carbonyl (C=O) groups is 1. The molecular formula is C17H26N4O2. The quantitative estimate of drug-likeness (QED) is 0.852. The van der Waals surface area contributed by atoms with E-state index in [0.717, 1.165) is 23.4 Å². The fourth-order valence-corrected chi connectivity index (χ4v) is 2.77. The van der Waals surface area contributed by atoms with Crippen LogP contribution in [0.2, 0.25) is 0 Å². The minimum absolute atomic E-state index is 0.0503. The first kappa shape index (κ1) is 17.4. The third kappa shape index (κ3) is 4.07. The lowest BCUT2D eigenvalue weighted by atomic mass is 10.0. The van der Waals surface area contributed by atoms with Gasteiger partial charge in [-0.2, -0.15) is 0 Å². The molecule has 0 radical (unpaired) electrons. The van der Waals surface area contributed by atoms with Crippen molar-refractivity contribution in [2.45, 2.75) is 46.2 Å². The third-order valence-electron chi connectivity index (χ3n) is 3.62. The molecule has 6 heteroatoms. The molecule has 0 saturated carbocycles. The number of nitrogens with zero attached hydrogens (tertiary/aromatic N) is 3. The van der Waals surface area contributed by atoms with Crippen LogP contribution in [0.15, 0.2) is 18.3 Å². The van der Waals surface area contributed by atoms with Crippen molar-refractivity contribution in [3.63, 3.8) is 0 Å². The Morgan fingerprint density at radius 3 is 2.70 bits per heavy atom. The van der Waals surface area contributed by atoms with Gasteiger partial charge in [0.15, 0.2) is 5.65 Å². The first-order valence-corrected chi connectivity index (χ1v) is 8.05. The number of hydrogen-bond acceptors (Lipinski definition) is 4. The molecule has 1 N–H and O–H groups in total. The van der Waals surface area contributed by atoms with Crippen LogP contribution < -0.4 is 5.32 Å². The molecule has 1 amide bonds. The molecule has 1 atom stereocenters. The van der Waals surface area contributed by atoms with E-state index in [4.69, 9.17) is 9.72 Å². The first-order valence-electron chi connectivity index (χ1n) is 8.05. The van der Waals surface area contributed by atoms with Gasteiger partial charge in [-0.15, -0.1) is 0 Å². The number of imidazole rings is 1. The molecule has 0 aromatic carbocycles. The lowest BCUT2D eigenvalue weighted by Crippen LogP contribution is -2.34. The molecule has 2 aromatic rings. The highest BCUT2D eigenvalue weighted by Crippen LogP contribution is 2.27. The van der Waals surface area contributed by atoms with E-state index in [1.807, 2.05) is 12.1 Å². The number of amides is 1. The van der Waals surface area contributed by atoms with Gasteiger partial charge in [0.1, 0.15) is 17.9 Å². The molecule has 2 aromatic heterocycles. The normalized spacial score (nSPS) is 13.0. The molecule has 6 nitrogen and oxygen atoms in total. The van der Waals surface area contributed by atoms with Gasteiger partial charge in [-0.05, 0) is 38.3 Å². The van der Waals surface area contributed by atoms with Crippen LogP contribution in [-0.2, 0) is 9.53 Å². The Bertz CT molecular complexity index is 664.